The number of hydrogen-bond donors (Lipinski definition) is 1. The molecule has 0 bridgehead atoms. The van der Waals surface area contributed by atoms with E-state index in [1.54, 1.807) is 13.8 Å². The van der Waals surface area contributed by atoms with Gasteiger partial charge in [-0.2, -0.15) is 26.7 Å². The third-order valence-electron chi connectivity index (χ3n) is 6.89. The third-order valence-corrected chi connectivity index (χ3v) is 8.76. The second-order valence-electron chi connectivity index (χ2n) is 9.75. The van der Waals surface area contributed by atoms with Gasteiger partial charge in [0.1, 0.15) is 35.4 Å². The summed E-state index contributed by atoms with van der Waals surface area (Å²) in [6, 6.07) is 2.90. The first-order chi connectivity index (χ1) is 20.6. The Balaban J connectivity index is 1.83. The molecule has 0 unspecified atom stereocenters. The zero-order chi connectivity index (χ0) is 32.1. The Morgan fingerprint density at radius 3 is 2.55 bits per heavy atom. The molecular weight excluding hydrogens is 639 g/mol. The molecule has 2 atom stereocenters. The summed E-state index contributed by atoms with van der Waals surface area (Å²) in [7, 11) is -4.80. The minimum Gasteiger partial charge on any atom is -0.490 e. The summed E-state index contributed by atoms with van der Waals surface area (Å²) in [6.07, 6.45) is -1.20. The number of amides is 1. The van der Waals surface area contributed by atoms with E-state index < -0.39 is 51.3 Å². The van der Waals surface area contributed by atoms with Crippen LogP contribution >= 0.6 is 11.3 Å². The molecule has 44 heavy (non-hydrogen) atoms. The molecule has 1 N–H and O–H groups in total. The fourth-order valence-corrected chi connectivity index (χ4v) is 6.25. The standard InChI is InChI=1S/C26H23F5N4O7S2/c1-12-11-34(25(36)37)13(2)18-10-17(33-35(12)18)22-21(20-16(28)8-14(27)9-19(20)41-6-5-40-3)23-15(4-7-43-23)24(32-22)42-44(38,39)26(29,30)31/h4,7-10,12-13H,5-6,11H2,1-3H3,(H,36,37)/t12-,13-/m0/s1. The zero-order valence-corrected chi connectivity index (χ0v) is 24.7. The first-order valence-corrected chi connectivity index (χ1v) is 15.1. The minimum absolute atomic E-state index is 0.0312. The molecule has 0 fully saturated rings. The van der Waals surface area contributed by atoms with Crippen LogP contribution < -0.4 is 8.92 Å². The number of benzene rings is 1. The van der Waals surface area contributed by atoms with Crippen molar-refractivity contribution >= 4 is 37.6 Å². The van der Waals surface area contributed by atoms with Crippen LogP contribution in [0, 0.1) is 11.6 Å². The predicted octanol–water partition coefficient (Wildman–Crippen LogP) is 5.97. The van der Waals surface area contributed by atoms with Crippen LogP contribution in [0.4, 0.5) is 26.7 Å². The molecule has 4 heterocycles. The molecule has 1 amide bonds. The molecule has 0 spiro atoms. The molecular formula is C26H23F5N4O7S2. The van der Waals surface area contributed by atoms with Crippen molar-refractivity contribution in [3.05, 3.63) is 47.0 Å². The lowest BCUT2D eigenvalue weighted by atomic mass is 9.98. The predicted molar refractivity (Wildman–Crippen MR) is 147 cm³/mol. The van der Waals surface area contributed by atoms with E-state index in [1.807, 2.05) is 0 Å². The summed E-state index contributed by atoms with van der Waals surface area (Å²) in [6.45, 7) is 3.25. The van der Waals surface area contributed by atoms with E-state index in [0.29, 0.717) is 11.8 Å². The van der Waals surface area contributed by atoms with E-state index in [4.69, 9.17) is 9.47 Å². The number of rotatable bonds is 8. The van der Waals surface area contributed by atoms with Gasteiger partial charge >= 0.3 is 21.7 Å². The van der Waals surface area contributed by atoms with Crippen molar-refractivity contribution in [3.63, 3.8) is 0 Å². The zero-order valence-electron chi connectivity index (χ0n) is 23.1. The molecule has 1 aliphatic rings. The number of pyridine rings is 1. The van der Waals surface area contributed by atoms with Crippen molar-refractivity contribution in [2.45, 2.75) is 31.4 Å². The first-order valence-electron chi connectivity index (χ1n) is 12.8. The maximum absolute atomic E-state index is 15.7. The van der Waals surface area contributed by atoms with E-state index >= 15 is 4.39 Å². The summed E-state index contributed by atoms with van der Waals surface area (Å²) in [5.41, 5.74) is -6.24. The first kappa shape index (κ1) is 31.4. The quantitative estimate of drug-likeness (QED) is 0.105. The lowest BCUT2D eigenvalue weighted by molar-refractivity contribution is -0.0500. The Kier molecular flexibility index (Phi) is 8.19. The molecule has 0 aliphatic carbocycles. The molecule has 18 heteroatoms. The van der Waals surface area contributed by atoms with E-state index in [1.165, 1.54) is 29.3 Å². The van der Waals surface area contributed by atoms with Crippen molar-refractivity contribution in [2.75, 3.05) is 26.9 Å². The van der Waals surface area contributed by atoms with Crippen molar-refractivity contribution in [3.8, 4) is 34.1 Å². The highest BCUT2D eigenvalue weighted by Crippen LogP contribution is 2.48. The van der Waals surface area contributed by atoms with Crippen LogP contribution in [0.2, 0.25) is 0 Å². The largest absolute Gasteiger partial charge is 0.534 e. The van der Waals surface area contributed by atoms with Crippen LogP contribution in [0.1, 0.15) is 31.6 Å². The Morgan fingerprint density at radius 2 is 1.89 bits per heavy atom. The molecule has 3 aromatic heterocycles. The number of fused-ring (bicyclic) bond motifs is 2. The molecule has 0 radical (unpaired) electrons. The molecule has 5 rings (SSSR count). The van der Waals surface area contributed by atoms with Gasteiger partial charge in [-0.1, -0.05) is 0 Å². The number of carboxylic acid groups (broad SMARTS) is 1. The minimum atomic E-state index is -6.19. The van der Waals surface area contributed by atoms with Gasteiger partial charge in [-0.15, -0.1) is 11.3 Å². The number of alkyl halides is 3. The van der Waals surface area contributed by atoms with Crippen LogP contribution in [0.25, 0.3) is 32.6 Å². The Hall–Kier alpha value is -4.03. The maximum Gasteiger partial charge on any atom is 0.534 e. The van der Waals surface area contributed by atoms with Crippen LogP contribution in [0.3, 0.4) is 0 Å². The summed E-state index contributed by atoms with van der Waals surface area (Å²) >= 11 is 0.898. The van der Waals surface area contributed by atoms with Gasteiger partial charge in [-0.3, -0.25) is 9.58 Å². The monoisotopic (exact) mass is 662 g/mol. The number of carbonyl (C=O) groups is 1. The average molecular weight is 663 g/mol. The van der Waals surface area contributed by atoms with Crippen molar-refractivity contribution in [2.24, 2.45) is 0 Å². The van der Waals surface area contributed by atoms with Gasteiger partial charge in [0.15, 0.2) is 0 Å². The van der Waals surface area contributed by atoms with Crippen LogP contribution in [-0.4, -0.2) is 71.7 Å². The van der Waals surface area contributed by atoms with E-state index in [9.17, 15) is 35.9 Å². The van der Waals surface area contributed by atoms with Crippen LogP contribution in [0.5, 0.6) is 11.6 Å². The highest BCUT2D eigenvalue weighted by Gasteiger charge is 2.49. The van der Waals surface area contributed by atoms with Crippen molar-refractivity contribution in [1.82, 2.24) is 19.7 Å². The summed E-state index contributed by atoms with van der Waals surface area (Å²) in [4.78, 5) is 17.1. The highest BCUT2D eigenvalue weighted by atomic mass is 32.2. The van der Waals surface area contributed by atoms with Gasteiger partial charge in [0.25, 0.3) is 0 Å². The van der Waals surface area contributed by atoms with Gasteiger partial charge < -0.3 is 18.8 Å². The van der Waals surface area contributed by atoms with Crippen molar-refractivity contribution in [1.29, 1.82) is 0 Å². The van der Waals surface area contributed by atoms with Crippen LogP contribution in [0.15, 0.2) is 29.6 Å². The average Bonchev–Trinajstić information content (AvgIpc) is 3.59. The Labute approximate surface area is 250 Å². The van der Waals surface area contributed by atoms with E-state index in [2.05, 4.69) is 14.3 Å². The number of hydrogen-bond acceptors (Lipinski definition) is 9. The van der Waals surface area contributed by atoms with Crippen LogP contribution in [-0.2, 0) is 14.9 Å². The third kappa shape index (κ3) is 5.52. The van der Waals surface area contributed by atoms with Crippen molar-refractivity contribution < 1.29 is 53.9 Å². The van der Waals surface area contributed by atoms with E-state index in [0.717, 1.165) is 22.3 Å². The van der Waals surface area contributed by atoms with Gasteiger partial charge in [0, 0.05) is 31.4 Å². The number of halogens is 5. The lowest BCUT2D eigenvalue weighted by Gasteiger charge is -2.35. The molecule has 0 saturated heterocycles. The van der Waals surface area contributed by atoms with Gasteiger partial charge in [-0.05, 0) is 31.4 Å². The molecule has 0 saturated carbocycles. The molecule has 236 valence electrons. The molecule has 1 aromatic carbocycles. The number of methoxy groups -OCH3 is 1. The SMILES string of the molecule is COCCOc1cc(F)cc(F)c1-c1c(-c2cc3n(n2)[C@@H](C)CN(C(=O)O)[C@H]3C)nc(OS(=O)(=O)C(F)(F)F)c2ccsc12. The van der Waals surface area contributed by atoms with E-state index in [-0.39, 0.29) is 58.1 Å². The second-order valence-corrected chi connectivity index (χ2v) is 12.2. The van der Waals surface area contributed by atoms with Gasteiger partial charge in [-0.25, -0.2) is 18.6 Å². The number of aromatic nitrogens is 3. The summed E-state index contributed by atoms with van der Waals surface area (Å²) < 4.78 is 111. The molecule has 1 aliphatic heterocycles. The topological polar surface area (TPSA) is 133 Å². The smallest absolute Gasteiger partial charge is 0.490 e. The highest BCUT2D eigenvalue weighted by molar-refractivity contribution is 7.88. The Bertz CT molecular complexity index is 1860. The lowest BCUT2D eigenvalue weighted by Crippen LogP contribution is -2.42. The molecule has 11 nitrogen and oxygen atoms in total. The number of nitrogens with zero attached hydrogens (tertiary/aromatic N) is 4. The maximum atomic E-state index is 15.7. The fourth-order valence-electron chi connectivity index (χ4n) is 4.88. The second kappa shape index (κ2) is 11.5. The number of ether oxygens (including phenoxy) is 2. The fraction of sp³-hybridized carbons (Fsp3) is 0.346. The summed E-state index contributed by atoms with van der Waals surface area (Å²) in [5.74, 6) is -3.35. The Morgan fingerprint density at radius 1 is 1.16 bits per heavy atom. The normalized spacial score (nSPS) is 17.1. The molecule has 4 aromatic rings. The van der Waals surface area contributed by atoms with Gasteiger partial charge in [0.05, 0.1) is 40.0 Å². The summed E-state index contributed by atoms with van der Waals surface area (Å²) in [5, 5.41) is 15.4. The van der Waals surface area contributed by atoms with Gasteiger partial charge in [0.2, 0.25) is 5.88 Å². The number of thiophene rings is 1.